The van der Waals surface area contributed by atoms with E-state index in [2.05, 4.69) is 10.5 Å². The predicted octanol–water partition coefficient (Wildman–Crippen LogP) is -0.736. The maximum Gasteiger partial charge on any atom is 0.506 e. The van der Waals surface area contributed by atoms with Crippen molar-refractivity contribution < 1.29 is 24.2 Å². The second-order valence-corrected chi connectivity index (χ2v) is 1.88. The van der Waals surface area contributed by atoms with E-state index in [1.807, 2.05) is 0 Å². The molecule has 0 aliphatic rings. The molecule has 3 amide bonds. The third kappa shape index (κ3) is 4.09. The van der Waals surface area contributed by atoms with Gasteiger partial charge >= 0.3 is 12.2 Å². The monoisotopic (exact) mass is 176 g/mol. The molecule has 68 valence electrons. The van der Waals surface area contributed by atoms with E-state index >= 15 is 0 Å². The summed E-state index contributed by atoms with van der Waals surface area (Å²) in [5.41, 5.74) is 4.59. The molecule has 0 aromatic carbocycles. The molecular formula is C5H8N2O5. The Balaban J connectivity index is 3.93. The van der Waals surface area contributed by atoms with E-state index < -0.39 is 24.2 Å². The highest BCUT2D eigenvalue weighted by Crippen LogP contribution is 1.90. The Morgan fingerprint density at radius 3 is 2.33 bits per heavy atom. The molecule has 0 aromatic rings. The van der Waals surface area contributed by atoms with Gasteiger partial charge < -0.3 is 15.6 Å². The number of rotatable bonds is 2. The summed E-state index contributed by atoms with van der Waals surface area (Å²) in [6.07, 6.45) is -2.85. The van der Waals surface area contributed by atoms with Crippen molar-refractivity contribution in [3.05, 3.63) is 0 Å². The third-order valence-electron chi connectivity index (χ3n) is 0.893. The quantitative estimate of drug-likeness (QED) is 0.479. The molecule has 12 heavy (non-hydrogen) atoms. The van der Waals surface area contributed by atoms with Gasteiger partial charge in [-0.1, -0.05) is 0 Å². The van der Waals surface area contributed by atoms with E-state index in [1.54, 1.807) is 5.32 Å². The van der Waals surface area contributed by atoms with Crippen molar-refractivity contribution in [2.24, 2.45) is 5.73 Å². The number of hydrogen-bond donors (Lipinski definition) is 3. The zero-order valence-electron chi connectivity index (χ0n) is 6.23. The van der Waals surface area contributed by atoms with Crippen LogP contribution in [0.25, 0.3) is 0 Å². The van der Waals surface area contributed by atoms with E-state index in [4.69, 9.17) is 5.11 Å². The van der Waals surface area contributed by atoms with Gasteiger partial charge in [-0.15, -0.1) is 0 Å². The van der Waals surface area contributed by atoms with E-state index in [0.29, 0.717) is 0 Å². The molecule has 0 saturated carbocycles. The number of urea groups is 1. The standard InChI is InChI=1S/C5H8N2O5/c1-2(12-5(10)11)3(8)7-4(6)9/h2H,1H3,(H,10,11)(H3,6,7,8,9). The van der Waals surface area contributed by atoms with Crippen LogP contribution in [0.15, 0.2) is 0 Å². The fraction of sp³-hybridized carbons (Fsp3) is 0.400. The number of primary amides is 1. The Kier molecular flexibility index (Phi) is 3.54. The van der Waals surface area contributed by atoms with Crippen LogP contribution >= 0.6 is 0 Å². The van der Waals surface area contributed by atoms with Crippen LogP contribution in [-0.2, 0) is 9.53 Å². The number of nitrogens with one attached hydrogen (secondary N) is 1. The van der Waals surface area contributed by atoms with Crippen LogP contribution in [0.2, 0.25) is 0 Å². The SMILES string of the molecule is CC(OC(=O)O)C(=O)NC(N)=O. The largest absolute Gasteiger partial charge is 0.506 e. The summed E-state index contributed by atoms with van der Waals surface area (Å²) < 4.78 is 4.01. The highest BCUT2D eigenvalue weighted by atomic mass is 16.7. The van der Waals surface area contributed by atoms with Crippen molar-refractivity contribution in [2.75, 3.05) is 0 Å². The molecule has 0 fully saturated rings. The van der Waals surface area contributed by atoms with Gasteiger partial charge in [-0.25, -0.2) is 9.59 Å². The zero-order chi connectivity index (χ0) is 9.72. The van der Waals surface area contributed by atoms with Gasteiger partial charge in [0.2, 0.25) is 0 Å². The Hall–Kier alpha value is -1.79. The second kappa shape index (κ2) is 4.16. The van der Waals surface area contributed by atoms with Crippen molar-refractivity contribution in [1.82, 2.24) is 5.32 Å². The first kappa shape index (κ1) is 10.2. The predicted molar refractivity (Wildman–Crippen MR) is 36.3 cm³/mol. The number of carbonyl (C=O) groups excluding carboxylic acids is 2. The molecule has 0 spiro atoms. The highest BCUT2D eigenvalue weighted by molar-refractivity contribution is 5.96. The molecule has 1 unspecified atom stereocenters. The average molecular weight is 176 g/mol. The van der Waals surface area contributed by atoms with Crippen LogP contribution in [0.1, 0.15) is 6.92 Å². The van der Waals surface area contributed by atoms with Gasteiger partial charge in [-0.05, 0) is 6.92 Å². The number of carboxylic acid groups (broad SMARTS) is 1. The first-order valence-corrected chi connectivity index (χ1v) is 2.93. The first-order chi connectivity index (χ1) is 5.43. The maximum absolute atomic E-state index is 10.7. The van der Waals surface area contributed by atoms with E-state index in [0.717, 1.165) is 0 Å². The van der Waals surface area contributed by atoms with Crippen LogP contribution in [-0.4, -0.2) is 29.3 Å². The fourth-order valence-electron chi connectivity index (χ4n) is 0.428. The van der Waals surface area contributed by atoms with Gasteiger partial charge in [0.05, 0.1) is 0 Å². The molecule has 0 saturated heterocycles. The molecule has 7 nitrogen and oxygen atoms in total. The van der Waals surface area contributed by atoms with Crippen molar-refractivity contribution >= 4 is 18.1 Å². The lowest BCUT2D eigenvalue weighted by Gasteiger charge is -2.07. The minimum Gasteiger partial charge on any atom is -0.450 e. The minimum absolute atomic E-state index is 0.898. The van der Waals surface area contributed by atoms with Gasteiger partial charge in [0.25, 0.3) is 5.91 Å². The summed E-state index contributed by atoms with van der Waals surface area (Å²) in [6, 6.07) is -1.05. The number of carbonyl (C=O) groups is 3. The van der Waals surface area contributed by atoms with E-state index in [-0.39, 0.29) is 0 Å². The zero-order valence-corrected chi connectivity index (χ0v) is 6.23. The number of hydrogen-bond acceptors (Lipinski definition) is 4. The number of nitrogens with two attached hydrogens (primary N) is 1. The molecule has 0 bridgehead atoms. The summed E-state index contributed by atoms with van der Waals surface area (Å²) in [5.74, 6) is -0.898. The van der Waals surface area contributed by atoms with Gasteiger partial charge in [-0.3, -0.25) is 10.1 Å². The molecule has 0 rings (SSSR count). The maximum atomic E-state index is 10.7. The topological polar surface area (TPSA) is 119 Å². The van der Waals surface area contributed by atoms with Gasteiger partial charge in [0, 0.05) is 0 Å². The highest BCUT2D eigenvalue weighted by Gasteiger charge is 2.17. The smallest absolute Gasteiger partial charge is 0.450 e. The number of imide groups is 1. The third-order valence-corrected chi connectivity index (χ3v) is 0.893. The molecule has 0 aliphatic heterocycles. The van der Waals surface area contributed by atoms with Crippen molar-refractivity contribution in [2.45, 2.75) is 13.0 Å². The molecule has 0 aromatic heterocycles. The normalized spacial score (nSPS) is 11.4. The van der Waals surface area contributed by atoms with E-state index in [1.165, 1.54) is 6.92 Å². The van der Waals surface area contributed by atoms with Gasteiger partial charge in [-0.2, -0.15) is 0 Å². The second-order valence-electron chi connectivity index (χ2n) is 1.88. The summed E-state index contributed by atoms with van der Waals surface area (Å²) in [6.45, 7) is 1.17. The Labute approximate surface area is 67.5 Å². The summed E-state index contributed by atoms with van der Waals surface area (Å²) >= 11 is 0. The van der Waals surface area contributed by atoms with Crippen LogP contribution in [0.5, 0.6) is 0 Å². The lowest BCUT2D eigenvalue weighted by molar-refractivity contribution is -0.128. The molecule has 0 heterocycles. The van der Waals surface area contributed by atoms with E-state index in [9.17, 15) is 14.4 Å². The van der Waals surface area contributed by atoms with Crippen molar-refractivity contribution in [3.8, 4) is 0 Å². The molecule has 1 atom stereocenters. The van der Waals surface area contributed by atoms with Crippen LogP contribution in [0, 0.1) is 0 Å². The lowest BCUT2D eigenvalue weighted by atomic mass is 10.4. The number of ether oxygens (including phenoxy) is 1. The summed E-state index contributed by atoms with van der Waals surface area (Å²) in [5, 5.41) is 9.71. The number of amides is 3. The summed E-state index contributed by atoms with van der Waals surface area (Å²) in [7, 11) is 0. The fourth-order valence-corrected chi connectivity index (χ4v) is 0.428. The van der Waals surface area contributed by atoms with Gasteiger partial charge in [0.1, 0.15) is 0 Å². The minimum atomic E-state index is -1.60. The lowest BCUT2D eigenvalue weighted by Crippen LogP contribution is -2.42. The summed E-state index contributed by atoms with van der Waals surface area (Å²) in [4.78, 5) is 30.7. The van der Waals surface area contributed by atoms with Crippen molar-refractivity contribution in [1.29, 1.82) is 0 Å². The molecular weight excluding hydrogens is 168 g/mol. The van der Waals surface area contributed by atoms with Crippen LogP contribution < -0.4 is 11.1 Å². The first-order valence-electron chi connectivity index (χ1n) is 2.93. The van der Waals surface area contributed by atoms with Gasteiger partial charge in [0.15, 0.2) is 6.10 Å². The molecule has 4 N–H and O–H groups in total. The Bertz CT molecular complexity index is 214. The average Bonchev–Trinajstić information content (AvgIpc) is 1.84. The molecule has 7 heteroatoms. The van der Waals surface area contributed by atoms with Crippen molar-refractivity contribution in [3.63, 3.8) is 0 Å². The molecule has 0 aliphatic carbocycles. The van der Waals surface area contributed by atoms with Crippen LogP contribution in [0.3, 0.4) is 0 Å². The van der Waals surface area contributed by atoms with Crippen LogP contribution in [0.4, 0.5) is 9.59 Å². The Morgan fingerprint density at radius 2 is 2.00 bits per heavy atom. The molecule has 0 radical (unpaired) electrons. The Morgan fingerprint density at radius 1 is 1.50 bits per heavy atom.